The lowest BCUT2D eigenvalue weighted by Gasteiger charge is -2.48. The summed E-state index contributed by atoms with van der Waals surface area (Å²) >= 11 is 0. The van der Waals surface area contributed by atoms with Gasteiger partial charge in [-0.15, -0.1) is 0 Å². The van der Waals surface area contributed by atoms with Crippen molar-refractivity contribution in [3.63, 3.8) is 0 Å². The summed E-state index contributed by atoms with van der Waals surface area (Å²) in [7, 11) is 0. The van der Waals surface area contributed by atoms with Crippen molar-refractivity contribution in [2.24, 2.45) is 0 Å². The lowest BCUT2D eigenvalue weighted by atomic mass is 9.98. The Morgan fingerprint density at radius 2 is 2.00 bits per heavy atom. The highest BCUT2D eigenvalue weighted by Crippen LogP contribution is 2.43. The Labute approximate surface area is 150 Å². The van der Waals surface area contributed by atoms with Gasteiger partial charge in [0.1, 0.15) is 12.2 Å². The highest BCUT2D eigenvalue weighted by molar-refractivity contribution is 6.11. The lowest BCUT2D eigenvalue weighted by Crippen LogP contribution is -2.64. The average Bonchev–Trinajstić information content (AvgIpc) is 2.87. The summed E-state index contributed by atoms with van der Waals surface area (Å²) in [6.07, 6.45) is 0.528. The summed E-state index contributed by atoms with van der Waals surface area (Å²) < 4.78 is 0. The molecular formula is C18H21N3O5. The predicted molar refractivity (Wildman–Crippen MR) is 92.5 cm³/mol. The van der Waals surface area contributed by atoms with E-state index in [4.69, 9.17) is 5.11 Å². The Morgan fingerprint density at radius 3 is 2.69 bits per heavy atom. The minimum Gasteiger partial charge on any atom is -0.481 e. The van der Waals surface area contributed by atoms with Crippen LogP contribution in [0.15, 0.2) is 24.3 Å². The Hall–Kier alpha value is -2.90. The van der Waals surface area contributed by atoms with Gasteiger partial charge in [-0.2, -0.15) is 0 Å². The Bertz CT molecular complexity index is 793. The van der Waals surface area contributed by atoms with E-state index in [0.717, 1.165) is 0 Å². The number of nitrogens with one attached hydrogen (secondary N) is 1. The third kappa shape index (κ3) is 2.91. The van der Waals surface area contributed by atoms with Crippen LogP contribution in [-0.2, 0) is 14.4 Å². The zero-order chi connectivity index (χ0) is 19.1. The van der Waals surface area contributed by atoms with Gasteiger partial charge in [0.05, 0.1) is 17.7 Å². The highest BCUT2D eigenvalue weighted by Gasteiger charge is 2.53. The molecule has 2 atom stereocenters. The van der Waals surface area contributed by atoms with Gasteiger partial charge in [-0.05, 0) is 32.4 Å². The maximum absolute atomic E-state index is 13.0. The molecule has 0 aliphatic carbocycles. The van der Waals surface area contributed by atoms with Crippen LogP contribution in [-0.4, -0.2) is 51.9 Å². The summed E-state index contributed by atoms with van der Waals surface area (Å²) in [5.41, 5.74) is 0.0422. The van der Waals surface area contributed by atoms with Crippen molar-refractivity contribution in [1.82, 2.24) is 10.2 Å². The summed E-state index contributed by atoms with van der Waals surface area (Å²) in [5, 5.41) is 11.4. The van der Waals surface area contributed by atoms with Crippen LogP contribution in [0.25, 0.3) is 0 Å². The van der Waals surface area contributed by atoms with Crippen molar-refractivity contribution in [2.45, 2.75) is 44.8 Å². The Morgan fingerprint density at radius 1 is 1.31 bits per heavy atom. The second-order valence-corrected chi connectivity index (χ2v) is 6.92. The third-order valence-corrected chi connectivity index (χ3v) is 4.94. The SMILES string of the molecule is CC(CC(=O)O)NC(=O)CN1C(=O)c2ccccc2N2C(=O)CCC12C. The van der Waals surface area contributed by atoms with Crippen molar-refractivity contribution in [3.8, 4) is 0 Å². The van der Waals surface area contributed by atoms with Crippen LogP contribution in [0.4, 0.5) is 5.69 Å². The first-order valence-corrected chi connectivity index (χ1v) is 8.49. The van der Waals surface area contributed by atoms with E-state index in [1.165, 1.54) is 4.90 Å². The van der Waals surface area contributed by atoms with Gasteiger partial charge in [-0.3, -0.25) is 24.1 Å². The number of rotatable bonds is 5. The second kappa shape index (κ2) is 6.44. The molecule has 2 heterocycles. The van der Waals surface area contributed by atoms with E-state index in [-0.39, 0.29) is 24.8 Å². The molecule has 0 bridgehead atoms. The molecule has 0 spiro atoms. The number of para-hydroxylation sites is 1. The van der Waals surface area contributed by atoms with Gasteiger partial charge < -0.3 is 15.3 Å². The van der Waals surface area contributed by atoms with E-state index in [9.17, 15) is 19.2 Å². The van der Waals surface area contributed by atoms with Crippen molar-refractivity contribution in [1.29, 1.82) is 0 Å². The fourth-order valence-corrected chi connectivity index (χ4v) is 3.72. The maximum atomic E-state index is 13.0. The van der Waals surface area contributed by atoms with Crippen LogP contribution < -0.4 is 10.2 Å². The van der Waals surface area contributed by atoms with Crippen LogP contribution in [0.1, 0.15) is 43.5 Å². The molecule has 1 fully saturated rings. The number of carboxylic acids is 1. The fraction of sp³-hybridized carbons (Fsp3) is 0.444. The molecule has 2 aliphatic heterocycles. The fourth-order valence-electron chi connectivity index (χ4n) is 3.72. The molecule has 1 saturated heterocycles. The number of fused-ring (bicyclic) bond motifs is 3. The number of benzene rings is 1. The highest BCUT2D eigenvalue weighted by atomic mass is 16.4. The number of hydrogen-bond donors (Lipinski definition) is 2. The molecule has 3 rings (SSSR count). The first kappa shape index (κ1) is 17.9. The molecule has 2 aliphatic rings. The molecule has 8 heteroatoms. The van der Waals surface area contributed by atoms with Gasteiger partial charge in [0.2, 0.25) is 11.8 Å². The van der Waals surface area contributed by atoms with Gasteiger partial charge in [0, 0.05) is 12.5 Å². The molecule has 2 N–H and O–H groups in total. The van der Waals surface area contributed by atoms with Gasteiger partial charge >= 0.3 is 5.97 Å². The van der Waals surface area contributed by atoms with Gasteiger partial charge in [-0.25, -0.2) is 0 Å². The topological polar surface area (TPSA) is 107 Å². The number of nitrogens with zero attached hydrogens (tertiary/aromatic N) is 2. The number of anilines is 1. The summed E-state index contributed by atoms with van der Waals surface area (Å²) in [4.78, 5) is 51.5. The van der Waals surface area contributed by atoms with Gasteiger partial charge in [-0.1, -0.05) is 12.1 Å². The van der Waals surface area contributed by atoms with E-state index in [1.807, 2.05) is 0 Å². The van der Waals surface area contributed by atoms with Crippen molar-refractivity contribution in [3.05, 3.63) is 29.8 Å². The lowest BCUT2D eigenvalue weighted by molar-refractivity contribution is -0.137. The molecule has 138 valence electrons. The predicted octanol–water partition coefficient (Wildman–Crippen LogP) is 0.965. The van der Waals surface area contributed by atoms with Crippen LogP contribution in [0.5, 0.6) is 0 Å². The molecule has 8 nitrogen and oxygen atoms in total. The van der Waals surface area contributed by atoms with E-state index in [2.05, 4.69) is 5.32 Å². The van der Waals surface area contributed by atoms with E-state index in [0.29, 0.717) is 24.1 Å². The minimum absolute atomic E-state index is 0.0860. The zero-order valence-corrected chi connectivity index (χ0v) is 14.7. The summed E-state index contributed by atoms with van der Waals surface area (Å²) in [5.74, 6) is -1.86. The first-order valence-electron chi connectivity index (χ1n) is 8.49. The van der Waals surface area contributed by atoms with E-state index in [1.54, 1.807) is 43.0 Å². The quantitative estimate of drug-likeness (QED) is 0.814. The molecule has 1 aromatic carbocycles. The minimum atomic E-state index is -1.01. The molecule has 0 radical (unpaired) electrons. The van der Waals surface area contributed by atoms with E-state index < -0.39 is 23.6 Å². The Kier molecular flexibility index (Phi) is 4.43. The third-order valence-electron chi connectivity index (χ3n) is 4.94. The molecular weight excluding hydrogens is 338 g/mol. The molecule has 0 saturated carbocycles. The van der Waals surface area contributed by atoms with Crippen molar-refractivity contribution < 1.29 is 24.3 Å². The van der Waals surface area contributed by atoms with Crippen LogP contribution in [0.2, 0.25) is 0 Å². The largest absolute Gasteiger partial charge is 0.481 e. The first-order chi connectivity index (χ1) is 12.2. The number of carbonyl (C=O) groups is 4. The normalized spacial score (nSPS) is 22.7. The molecule has 1 aromatic rings. The van der Waals surface area contributed by atoms with Crippen LogP contribution in [0, 0.1) is 0 Å². The average molecular weight is 359 g/mol. The standard InChI is InChI=1S/C18H21N3O5/c1-11(9-16(24)25)19-14(22)10-20-17(26)12-5-3-4-6-13(12)21-15(23)7-8-18(20,21)2/h3-6,11H,7-10H2,1-2H3,(H,19,22)(H,24,25). The van der Waals surface area contributed by atoms with Crippen LogP contribution >= 0.6 is 0 Å². The molecule has 2 unspecified atom stereocenters. The summed E-state index contributed by atoms with van der Waals surface area (Å²) in [6.45, 7) is 3.13. The maximum Gasteiger partial charge on any atom is 0.305 e. The molecule has 0 aromatic heterocycles. The van der Waals surface area contributed by atoms with Crippen molar-refractivity contribution in [2.75, 3.05) is 11.4 Å². The number of carboxylic acid groups (broad SMARTS) is 1. The zero-order valence-electron chi connectivity index (χ0n) is 14.7. The number of aliphatic carboxylic acids is 1. The van der Waals surface area contributed by atoms with E-state index >= 15 is 0 Å². The van der Waals surface area contributed by atoms with Crippen LogP contribution in [0.3, 0.4) is 0 Å². The smallest absolute Gasteiger partial charge is 0.305 e. The van der Waals surface area contributed by atoms with Gasteiger partial charge in [0.15, 0.2) is 0 Å². The Balaban J connectivity index is 1.87. The molecule has 3 amide bonds. The second-order valence-electron chi connectivity index (χ2n) is 6.92. The number of amides is 3. The van der Waals surface area contributed by atoms with Gasteiger partial charge in [0.25, 0.3) is 5.91 Å². The molecule has 26 heavy (non-hydrogen) atoms. The van der Waals surface area contributed by atoms with Crippen molar-refractivity contribution >= 4 is 29.4 Å². The number of carbonyl (C=O) groups excluding carboxylic acids is 3. The summed E-state index contributed by atoms with van der Waals surface area (Å²) in [6, 6.07) is 6.31. The monoisotopic (exact) mass is 359 g/mol. The number of hydrogen-bond acceptors (Lipinski definition) is 4.